The zero-order valence-electron chi connectivity index (χ0n) is 20.8. The minimum atomic E-state index is -1.02. The fourth-order valence-electron chi connectivity index (χ4n) is 5.27. The molecular formula is C31H27NO4. The van der Waals surface area contributed by atoms with Crippen LogP contribution in [-0.4, -0.2) is 22.8 Å². The van der Waals surface area contributed by atoms with Crippen molar-refractivity contribution in [3.8, 4) is 11.1 Å². The lowest BCUT2D eigenvalue weighted by Crippen LogP contribution is -2.32. The summed E-state index contributed by atoms with van der Waals surface area (Å²) in [5.74, 6) is -1.40. The van der Waals surface area contributed by atoms with E-state index in [0.29, 0.717) is 11.3 Å². The number of nitrogens with zero attached hydrogens (tertiary/aromatic N) is 1. The number of hydrogen-bond acceptors (Lipinski definition) is 4. The predicted octanol–water partition coefficient (Wildman–Crippen LogP) is 6.93. The molecule has 36 heavy (non-hydrogen) atoms. The number of benzene rings is 4. The molecule has 5 heteroatoms. The average molecular weight is 478 g/mol. The largest absolute Gasteiger partial charge is 0.477 e. The van der Waals surface area contributed by atoms with E-state index in [0.717, 1.165) is 44.2 Å². The second-order valence-corrected chi connectivity index (χ2v) is 9.81. The smallest absolute Gasteiger partial charge is 0.351 e. The monoisotopic (exact) mass is 477 g/mol. The van der Waals surface area contributed by atoms with Gasteiger partial charge in [0.05, 0.1) is 11.3 Å². The van der Waals surface area contributed by atoms with Crippen LogP contribution in [0.25, 0.3) is 21.9 Å². The summed E-state index contributed by atoms with van der Waals surface area (Å²) in [6, 6.07) is 23.3. The van der Waals surface area contributed by atoms with Crippen molar-refractivity contribution >= 4 is 34.1 Å². The summed E-state index contributed by atoms with van der Waals surface area (Å²) in [5.41, 5.74) is 6.00. The second kappa shape index (κ2) is 8.76. The zero-order chi connectivity index (χ0) is 25.6. The van der Waals surface area contributed by atoms with Crippen LogP contribution in [0.4, 0.5) is 5.69 Å². The molecule has 1 aliphatic heterocycles. The van der Waals surface area contributed by atoms with Crippen LogP contribution in [0.5, 0.6) is 0 Å². The third kappa shape index (κ3) is 3.87. The first-order valence-electron chi connectivity index (χ1n) is 11.9. The maximum Gasteiger partial charge on any atom is 0.351 e. The lowest BCUT2D eigenvalue weighted by molar-refractivity contribution is -0.129. The van der Waals surface area contributed by atoms with E-state index in [4.69, 9.17) is 4.74 Å². The van der Waals surface area contributed by atoms with Crippen LogP contribution in [0.3, 0.4) is 0 Å². The summed E-state index contributed by atoms with van der Waals surface area (Å²) in [5, 5.41) is 11.9. The van der Waals surface area contributed by atoms with Crippen molar-refractivity contribution in [2.45, 2.75) is 39.7 Å². The summed E-state index contributed by atoms with van der Waals surface area (Å²) in [6.45, 7) is 7.94. The molecule has 1 aliphatic rings. The molecule has 0 fully saturated rings. The van der Waals surface area contributed by atoms with E-state index in [-0.39, 0.29) is 18.3 Å². The van der Waals surface area contributed by atoms with E-state index < -0.39 is 11.4 Å². The van der Waals surface area contributed by atoms with Crippen molar-refractivity contribution in [2.24, 2.45) is 4.99 Å². The van der Waals surface area contributed by atoms with Crippen LogP contribution in [0, 0.1) is 13.8 Å². The number of carboxylic acid groups (broad SMARTS) is 1. The number of ether oxygens (including phenoxy) is 1. The topological polar surface area (TPSA) is 76.0 Å². The summed E-state index contributed by atoms with van der Waals surface area (Å²) in [7, 11) is 0. The molecule has 5 rings (SSSR count). The third-order valence-corrected chi connectivity index (χ3v) is 6.92. The summed E-state index contributed by atoms with van der Waals surface area (Å²) < 4.78 is 5.54. The Morgan fingerprint density at radius 2 is 1.56 bits per heavy atom. The van der Waals surface area contributed by atoms with Crippen LogP contribution in [0.1, 0.15) is 46.5 Å². The maximum absolute atomic E-state index is 12.8. The highest BCUT2D eigenvalue weighted by molar-refractivity contribution is 6.42. The summed E-state index contributed by atoms with van der Waals surface area (Å²) >= 11 is 0. The van der Waals surface area contributed by atoms with Crippen LogP contribution in [-0.2, 0) is 21.6 Å². The Morgan fingerprint density at radius 1 is 0.917 bits per heavy atom. The quantitative estimate of drug-likeness (QED) is 0.316. The Morgan fingerprint density at radius 3 is 2.22 bits per heavy atom. The molecule has 0 unspecified atom stereocenters. The van der Waals surface area contributed by atoms with Crippen LogP contribution in [0.2, 0.25) is 0 Å². The van der Waals surface area contributed by atoms with Crippen molar-refractivity contribution in [1.29, 1.82) is 0 Å². The summed E-state index contributed by atoms with van der Waals surface area (Å²) in [6.07, 6.45) is 0. The number of aryl methyl sites for hydroxylation is 2. The molecule has 4 aromatic carbocycles. The van der Waals surface area contributed by atoms with Gasteiger partial charge in [-0.05, 0) is 84.5 Å². The van der Waals surface area contributed by atoms with Crippen molar-refractivity contribution in [1.82, 2.24) is 0 Å². The maximum atomic E-state index is 12.8. The molecule has 0 saturated carbocycles. The van der Waals surface area contributed by atoms with Crippen molar-refractivity contribution in [3.63, 3.8) is 0 Å². The molecule has 0 radical (unpaired) electrons. The molecule has 0 aromatic heterocycles. The van der Waals surface area contributed by atoms with Gasteiger partial charge in [0.15, 0.2) is 0 Å². The lowest BCUT2D eigenvalue weighted by atomic mass is 9.77. The molecule has 1 heterocycles. The Kier molecular flexibility index (Phi) is 5.71. The van der Waals surface area contributed by atoms with E-state index in [2.05, 4.69) is 11.1 Å². The standard InChI is InChI=1S/C31H27NO4/c1-18-14-22(30(35)36-17-20-10-6-5-7-11-20)15-19(2)25(18)24-16-21-12-8-9-13-23(21)26-27(24)32-28(29(33)34)31(26,3)4/h5-16H,17H2,1-4H3,(H,33,34). The first-order chi connectivity index (χ1) is 17.2. The third-order valence-electron chi connectivity index (χ3n) is 6.92. The normalized spacial score (nSPS) is 13.8. The number of hydrogen-bond donors (Lipinski definition) is 1. The molecule has 5 nitrogen and oxygen atoms in total. The van der Waals surface area contributed by atoms with E-state index in [9.17, 15) is 14.7 Å². The van der Waals surface area contributed by atoms with Crippen LogP contribution >= 0.6 is 0 Å². The fourth-order valence-corrected chi connectivity index (χ4v) is 5.27. The lowest BCUT2D eigenvalue weighted by Gasteiger charge is -2.23. The molecule has 0 bridgehead atoms. The van der Waals surface area contributed by atoms with Crippen LogP contribution in [0.15, 0.2) is 77.8 Å². The number of carbonyl (C=O) groups excluding carboxylic acids is 1. The average Bonchev–Trinajstić information content (AvgIpc) is 3.14. The van der Waals surface area contributed by atoms with Gasteiger partial charge in [-0.25, -0.2) is 14.6 Å². The number of esters is 1. The molecule has 4 aromatic rings. The first kappa shape index (κ1) is 23.5. The molecule has 0 spiro atoms. The van der Waals surface area contributed by atoms with Gasteiger partial charge in [-0.3, -0.25) is 0 Å². The highest BCUT2D eigenvalue weighted by atomic mass is 16.5. The van der Waals surface area contributed by atoms with Gasteiger partial charge in [-0.15, -0.1) is 0 Å². The molecule has 0 saturated heterocycles. The Balaban J connectivity index is 1.62. The molecule has 0 amide bonds. The van der Waals surface area contributed by atoms with Gasteiger partial charge in [-0.1, -0.05) is 54.6 Å². The predicted molar refractivity (Wildman–Crippen MR) is 142 cm³/mol. The first-order valence-corrected chi connectivity index (χ1v) is 11.9. The highest BCUT2D eigenvalue weighted by Gasteiger charge is 2.41. The Hall–Kier alpha value is -4.25. The Bertz CT molecular complexity index is 1540. The van der Waals surface area contributed by atoms with Gasteiger partial charge in [0, 0.05) is 11.0 Å². The van der Waals surface area contributed by atoms with Crippen molar-refractivity contribution in [3.05, 3.63) is 101 Å². The van der Waals surface area contributed by atoms with E-state index in [1.165, 1.54) is 0 Å². The van der Waals surface area contributed by atoms with Gasteiger partial charge in [-0.2, -0.15) is 0 Å². The number of aliphatic carboxylic acids is 1. The molecule has 0 atom stereocenters. The van der Waals surface area contributed by atoms with E-state index >= 15 is 0 Å². The molecule has 0 aliphatic carbocycles. The van der Waals surface area contributed by atoms with E-state index in [1.807, 2.05) is 94.4 Å². The highest BCUT2D eigenvalue weighted by Crippen LogP contribution is 2.50. The number of rotatable bonds is 5. The van der Waals surface area contributed by atoms with Crippen LogP contribution < -0.4 is 0 Å². The SMILES string of the molecule is Cc1cc(C(=O)OCc2ccccc2)cc(C)c1-c1cc2ccccc2c2c1N=C(C(=O)O)C2(C)C. The minimum Gasteiger partial charge on any atom is -0.477 e. The van der Waals surface area contributed by atoms with Gasteiger partial charge < -0.3 is 9.84 Å². The summed E-state index contributed by atoms with van der Waals surface area (Å²) in [4.78, 5) is 29.6. The van der Waals surface area contributed by atoms with Gasteiger partial charge in [0.1, 0.15) is 12.3 Å². The second-order valence-electron chi connectivity index (χ2n) is 9.81. The van der Waals surface area contributed by atoms with E-state index in [1.54, 1.807) is 0 Å². The number of aliphatic imine (C=N–C) groups is 1. The molecule has 180 valence electrons. The molecule has 1 N–H and O–H groups in total. The number of fused-ring (bicyclic) bond motifs is 3. The zero-order valence-corrected chi connectivity index (χ0v) is 20.8. The van der Waals surface area contributed by atoms with Gasteiger partial charge in [0.25, 0.3) is 0 Å². The van der Waals surface area contributed by atoms with Gasteiger partial charge in [0.2, 0.25) is 0 Å². The Labute approximate surface area is 210 Å². The van der Waals surface area contributed by atoms with Crippen molar-refractivity contribution < 1.29 is 19.4 Å². The number of carboxylic acids is 1. The fraction of sp³-hybridized carbons (Fsp3) is 0.194. The van der Waals surface area contributed by atoms with Crippen molar-refractivity contribution in [2.75, 3.05) is 0 Å². The van der Waals surface area contributed by atoms with Gasteiger partial charge >= 0.3 is 11.9 Å². The minimum absolute atomic E-state index is 0.131. The number of carbonyl (C=O) groups is 2. The molecular weight excluding hydrogens is 450 g/mol.